The zero-order chi connectivity index (χ0) is 16.8. The number of pyridine rings is 1. The fourth-order valence-electron chi connectivity index (χ4n) is 2.48. The van der Waals surface area contributed by atoms with Gasteiger partial charge in [0.15, 0.2) is 0 Å². The monoisotopic (exact) mass is 344 g/mol. The van der Waals surface area contributed by atoms with Crippen molar-refractivity contribution >= 4 is 23.6 Å². The van der Waals surface area contributed by atoms with Gasteiger partial charge in [-0.25, -0.2) is 4.98 Å². The fourth-order valence-corrected chi connectivity index (χ4v) is 3.05. The number of aromatic nitrogens is 1. The molecule has 0 saturated carbocycles. The molecule has 0 atom stereocenters. The summed E-state index contributed by atoms with van der Waals surface area (Å²) in [4.78, 5) is 29.6. The second-order valence-corrected chi connectivity index (χ2v) is 6.03. The summed E-state index contributed by atoms with van der Waals surface area (Å²) in [5.41, 5.74) is 0.174. The van der Waals surface area contributed by atoms with E-state index in [9.17, 15) is 18.4 Å². The molecule has 1 aliphatic rings. The van der Waals surface area contributed by atoms with Gasteiger partial charge in [-0.1, -0.05) is 0 Å². The van der Waals surface area contributed by atoms with Gasteiger partial charge >= 0.3 is 5.97 Å². The van der Waals surface area contributed by atoms with Crippen molar-refractivity contribution in [1.29, 1.82) is 0 Å². The Balaban J connectivity index is 2.01. The summed E-state index contributed by atoms with van der Waals surface area (Å²) in [6.45, 7) is 2.88. The lowest BCUT2D eigenvalue weighted by Gasteiger charge is -2.31. The normalized spacial score (nSPS) is 15.7. The summed E-state index contributed by atoms with van der Waals surface area (Å²) in [6, 6.07) is 3.05. The third-order valence-corrected chi connectivity index (χ3v) is 4.33. The highest BCUT2D eigenvalue weighted by molar-refractivity contribution is 7.99. The lowest BCUT2D eigenvalue weighted by atomic mass is 9.96. The Labute approximate surface area is 137 Å². The van der Waals surface area contributed by atoms with Gasteiger partial charge in [0.1, 0.15) is 5.03 Å². The minimum absolute atomic E-state index is 0.0278. The average Bonchev–Trinajstić information content (AvgIpc) is 2.54. The topological polar surface area (TPSA) is 59.5 Å². The zero-order valence-corrected chi connectivity index (χ0v) is 13.5. The lowest BCUT2D eigenvalue weighted by Crippen LogP contribution is -2.40. The molecule has 1 aromatic rings. The number of carbonyl (C=O) groups excluding carboxylic acids is 2. The fraction of sp³-hybridized carbons (Fsp3) is 0.533. The molecule has 0 spiro atoms. The van der Waals surface area contributed by atoms with Gasteiger partial charge in [-0.3, -0.25) is 9.59 Å². The number of likely N-dealkylation sites (tertiary alicyclic amines) is 1. The Morgan fingerprint density at radius 3 is 2.74 bits per heavy atom. The van der Waals surface area contributed by atoms with E-state index in [0.29, 0.717) is 32.5 Å². The first kappa shape index (κ1) is 17.7. The van der Waals surface area contributed by atoms with Gasteiger partial charge in [-0.05, 0) is 43.7 Å². The Bertz CT molecular complexity index is 563. The van der Waals surface area contributed by atoms with Crippen molar-refractivity contribution in [2.24, 2.45) is 5.92 Å². The highest BCUT2D eigenvalue weighted by Gasteiger charge is 2.30. The Kier molecular flexibility index (Phi) is 6.32. The molecule has 0 aromatic carbocycles. The van der Waals surface area contributed by atoms with Crippen molar-refractivity contribution in [3.8, 4) is 0 Å². The van der Waals surface area contributed by atoms with Crippen molar-refractivity contribution in [2.45, 2.75) is 30.5 Å². The van der Waals surface area contributed by atoms with Crippen LogP contribution < -0.4 is 0 Å². The number of thioether (sulfide) groups is 1. The van der Waals surface area contributed by atoms with Gasteiger partial charge in [0, 0.05) is 19.3 Å². The number of hydrogen-bond acceptors (Lipinski definition) is 5. The van der Waals surface area contributed by atoms with Crippen LogP contribution >= 0.6 is 11.8 Å². The second-order valence-electron chi connectivity index (χ2n) is 5.05. The molecule has 126 valence electrons. The summed E-state index contributed by atoms with van der Waals surface area (Å²) in [5, 5.41) is 0.0278. The quantitative estimate of drug-likeness (QED) is 0.607. The van der Waals surface area contributed by atoms with Crippen molar-refractivity contribution in [2.75, 3.05) is 19.7 Å². The molecule has 1 amide bonds. The van der Waals surface area contributed by atoms with Gasteiger partial charge in [-0.15, -0.1) is 0 Å². The van der Waals surface area contributed by atoms with Gasteiger partial charge in [0.05, 0.1) is 18.1 Å². The summed E-state index contributed by atoms with van der Waals surface area (Å²) in [6.07, 6.45) is 2.42. The first-order valence-corrected chi connectivity index (χ1v) is 8.26. The SMILES string of the molecule is CCOC(=O)C1CCN(C(=O)c2cccnc2SC(F)F)CC1. The minimum atomic E-state index is -2.63. The molecule has 1 aromatic heterocycles. The van der Waals surface area contributed by atoms with E-state index in [1.54, 1.807) is 17.9 Å². The van der Waals surface area contributed by atoms with Crippen LogP contribution in [-0.2, 0) is 9.53 Å². The molecule has 2 heterocycles. The van der Waals surface area contributed by atoms with Crippen LogP contribution in [0.3, 0.4) is 0 Å². The number of alkyl halides is 2. The number of hydrogen-bond donors (Lipinski definition) is 0. The summed E-state index contributed by atoms with van der Waals surface area (Å²) >= 11 is 0.263. The number of halogens is 2. The van der Waals surface area contributed by atoms with Crippen LogP contribution in [0.5, 0.6) is 0 Å². The maximum Gasteiger partial charge on any atom is 0.309 e. The summed E-state index contributed by atoms with van der Waals surface area (Å²) in [5.74, 6) is -3.41. The van der Waals surface area contributed by atoms with E-state index in [1.807, 2.05) is 0 Å². The molecule has 1 aliphatic heterocycles. The molecule has 1 fully saturated rings. The van der Waals surface area contributed by atoms with Crippen LogP contribution in [0, 0.1) is 5.92 Å². The minimum Gasteiger partial charge on any atom is -0.466 e. The van der Waals surface area contributed by atoms with E-state index in [-0.39, 0.29) is 40.1 Å². The third kappa shape index (κ3) is 4.63. The molecule has 0 unspecified atom stereocenters. The van der Waals surface area contributed by atoms with Crippen LogP contribution in [0.15, 0.2) is 23.4 Å². The molecule has 5 nitrogen and oxygen atoms in total. The van der Waals surface area contributed by atoms with E-state index < -0.39 is 5.76 Å². The van der Waals surface area contributed by atoms with Crippen molar-refractivity contribution < 1.29 is 23.1 Å². The van der Waals surface area contributed by atoms with Crippen molar-refractivity contribution in [3.05, 3.63) is 23.9 Å². The van der Waals surface area contributed by atoms with Crippen LogP contribution in [0.25, 0.3) is 0 Å². The number of rotatable bonds is 5. The predicted molar refractivity (Wildman–Crippen MR) is 81.4 cm³/mol. The van der Waals surface area contributed by atoms with Gasteiger partial charge < -0.3 is 9.64 Å². The van der Waals surface area contributed by atoms with Crippen LogP contribution in [0.4, 0.5) is 8.78 Å². The number of nitrogens with zero attached hydrogens (tertiary/aromatic N) is 2. The molecular weight excluding hydrogens is 326 g/mol. The summed E-state index contributed by atoms with van der Waals surface area (Å²) in [7, 11) is 0. The third-order valence-electron chi connectivity index (χ3n) is 3.60. The van der Waals surface area contributed by atoms with E-state index in [0.717, 1.165) is 0 Å². The molecule has 23 heavy (non-hydrogen) atoms. The molecule has 0 N–H and O–H groups in total. The van der Waals surface area contributed by atoms with Gasteiger partial charge in [-0.2, -0.15) is 8.78 Å². The number of amides is 1. The zero-order valence-electron chi connectivity index (χ0n) is 12.7. The number of esters is 1. The maximum atomic E-state index is 12.6. The largest absolute Gasteiger partial charge is 0.466 e. The number of ether oxygens (including phenoxy) is 1. The first-order valence-electron chi connectivity index (χ1n) is 7.38. The van der Waals surface area contributed by atoms with E-state index in [1.165, 1.54) is 12.3 Å². The molecule has 1 saturated heterocycles. The average molecular weight is 344 g/mol. The van der Waals surface area contributed by atoms with Gasteiger partial charge in [0.25, 0.3) is 11.7 Å². The van der Waals surface area contributed by atoms with E-state index in [2.05, 4.69) is 4.98 Å². The van der Waals surface area contributed by atoms with E-state index >= 15 is 0 Å². The Hall–Kier alpha value is -1.70. The van der Waals surface area contributed by atoms with Crippen LogP contribution in [0.1, 0.15) is 30.1 Å². The standard InChI is InChI=1S/C15H18F2N2O3S/c1-2-22-14(21)10-5-8-19(9-6-10)13(20)11-4-3-7-18-12(11)23-15(16)17/h3-4,7,10,15H,2,5-6,8-9H2,1H3. The molecule has 8 heteroatoms. The van der Waals surface area contributed by atoms with Crippen LogP contribution in [0.2, 0.25) is 0 Å². The molecule has 0 radical (unpaired) electrons. The Morgan fingerprint density at radius 1 is 1.43 bits per heavy atom. The smallest absolute Gasteiger partial charge is 0.309 e. The van der Waals surface area contributed by atoms with Gasteiger partial charge in [0.2, 0.25) is 0 Å². The lowest BCUT2D eigenvalue weighted by molar-refractivity contribution is -0.149. The highest BCUT2D eigenvalue weighted by atomic mass is 32.2. The highest BCUT2D eigenvalue weighted by Crippen LogP contribution is 2.28. The van der Waals surface area contributed by atoms with E-state index in [4.69, 9.17) is 4.74 Å². The van der Waals surface area contributed by atoms with Crippen LogP contribution in [-0.4, -0.2) is 47.2 Å². The molecule has 0 bridgehead atoms. The predicted octanol–water partition coefficient (Wildman–Crippen LogP) is 2.81. The number of piperidine rings is 1. The first-order chi connectivity index (χ1) is 11.0. The van der Waals surface area contributed by atoms with Crippen molar-refractivity contribution in [3.63, 3.8) is 0 Å². The van der Waals surface area contributed by atoms with Crippen molar-refractivity contribution in [1.82, 2.24) is 9.88 Å². The molecule has 0 aliphatic carbocycles. The maximum absolute atomic E-state index is 12.6. The molecule has 2 rings (SSSR count). The number of carbonyl (C=O) groups is 2. The Morgan fingerprint density at radius 2 is 2.13 bits per heavy atom. The second kappa shape index (κ2) is 8.24. The molecular formula is C15H18F2N2O3S. The summed E-state index contributed by atoms with van der Waals surface area (Å²) < 4.78 is 30.1.